The summed E-state index contributed by atoms with van der Waals surface area (Å²) < 4.78 is 5.38. The van der Waals surface area contributed by atoms with E-state index >= 15 is 0 Å². The van der Waals surface area contributed by atoms with Gasteiger partial charge in [0.1, 0.15) is 10.8 Å². The number of thiazole rings is 1. The Morgan fingerprint density at radius 2 is 2.31 bits per heavy atom. The Bertz CT molecular complexity index is 461. The SMILES string of the molecule is Cc1cnc(C(C)NCc2occc2C)s1. The molecule has 16 heavy (non-hydrogen) atoms. The average Bonchev–Trinajstić information content (AvgIpc) is 2.84. The number of nitrogens with zero attached hydrogens (tertiary/aromatic N) is 1. The van der Waals surface area contributed by atoms with E-state index in [1.54, 1.807) is 17.6 Å². The zero-order valence-electron chi connectivity index (χ0n) is 9.78. The van der Waals surface area contributed by atoms with Crippen LogP contribution in [-0.2, 0) is 6.54 Å². The summed E-state index contributed by atoms with van der Waals surface area (Å²) in [7, 11) is 0. The Kier molecular flexibility index (Phi) is 3.41. The Labute approximate surface area is 99.5 Å². The maximum Gasteiger partial charge on any atom is 0.120 e. The minimum atomic E-state index is 0.267. The lowest BCUT2D eigenvalue weighted by Crippen LogP contribution is -2.17. The van der Waals surface area contributed by atoms with Crippen molar-refractivity contribution in [1.29, 1.82) is 0 Å². The van der Waals surface area contributed by atoms with Crippen molar-refractivity contribution in [3.05, 3.63) is 39.7 Å². The molecule has 2 heterocycles. The van der Waals surface area contributed by atoms with Crippen LogP contribution in [0.3, 0.4) is 0 Å². The zero-order valence-corrected chi connectivity index (χ0v) is 10.6. The first-order valence-electron chi connectivity index (χ1n) is 5.35. The maximum absolute atomic E-state index is 5.38. The predicted molar refractivity (Wildman–Crippen MR) is 65.6 cm³/mol. The molecule has 0 spiro atoms. The highest BCUT2D eigenvalue weighted by Gasteiger charge is 2.10. The van der Waals surface area contributed by atoms with E-state index in [1.807, 2.05) is 12.3 Å². The number of aromatic nitrogens is 1. The normalized spacial score (nSPS) is 12.9. The number of rotatable bonds is 4. The highest BCUT2D eigenvalue weighted by Crippen LogP contribution is 2.19. The highest BCUT2D eigenvalue weighted by molar-refractivity contribution is 7.11. The van der Waals surface area contributed by atoms with Crippen LogP contribution in [0, 0.1) is 13.8 Å². The Hall–Kier alpha value is -1.13. The van der Waals surface area contributed by atoms with Crippen LogP contribution in [0.25, 0.3) is 0 Å². The molecule has 0 bridgehead atoms. The van der Waals surface area contributed by atoms with Crippen molar-refractivity contribution in [3.63, 3.8) is 0 Å². The molecule has 2 aromatic heterocycles. The summed E-state index contributed by atoms with van der Waals surface area (Å²) in [5, 5.41) is 4.54. The average molecular weight is 236 g/mol. The molecule has 2 rings (SSSR count). The van der Waals surface area contributed by atoms with Crippen LogP contribution in [0.15, 0.2) is 22.9 Å². The van der Waals surface area contributed by atoms with Crippen LogP contribution in [-0.4, -0.2) is 4.98 Å². The summed E-state index contributed by atoms with van der Waals surface area (Å²) >= 11 is 1.73. The van der Waals surface area contributed by atoms with Gasteiger partial charge in [-0.1, -0.05) is 0 Å². The van der Waals surface area contributed by atoms with Crippen molar-refractivity contribution in [2.75, 3.05) is 0 Å². The summed E-state index contributed by atoms with van der Waals surface area (Å²) in [4.78, 5) is 5.61. The third kappa shape index (κ3) is 2.51. The van der Waals surface area contributed by atoms with Crippen molar-refractivity contribution < 1.29 is 4.42 Å². The lowest BCUT2D eigenvalue weighted by atomic mass is 10.2. The van der Waals surface area contributed by atoms with Gasteiger partial charge >= 0.3 is 0 Å². The highest BCUT2D eigenvalue weighted by atomic mass is 32.1. The monoisotopic (exact) mass is 236 g/mol. The molecule has 0 aliphatic rings. The second-order valence-corrected chi connectivity index (χ2v) is 5.20. The molecular formula is C12H16N2OS. The Morgan fingerprint density at radius 3 is 2.88 bits per heavy atom. The van der Waals surface area contributed by atoms with E-state index in [9.17, 15) is 0 Å². The van der Waals surface area contributed by atoms with E-state index in [0.717, 1.165) is 17.3 Å². The fourth-order valence-electron chi connectivity index (χ4n) is 1.49. The summed E-state index contributed by atoms with van der Waals surface area (Å²) in [5.41, 5.74) is 1.19. The summed E-state index contributed by atoms with van der Waals surface area (Å²) in [6.07, 6.45) is 3.64. The molecule has 0 saturated heterocycles. The minimum absolute atomic E-state index is 0.267. The molecule has 1 atom stereocenters. The molecule has 4 heteroatoms. The molecule has 0 saturated carbocycles. The van der Waals surface area contributed by atoms with Crippen molar-refractivity contribution >= 4 is 11.3 Å². The van der Waals surface area contributed by atoms with E-state index in [0.29, 0.717) is 0 Å². The van der Waals surface area contributed by atoms with Crippen LogP contribution in [0.5, 0.6) is 0 Å². The fourth-order valence-corrected chi connectivity index (χ4v) is 2.29. The molecule has 2 aromatic rings. The van der Waals surface area contributed by atoms with Crippen LogP contribution in [0.2, 0.25) is 0 Å². The van der Waals surface area contributed by atoms with Crippen LogP contribution >= 0.6 is 11.3 Å². The van der Waals surface area contributed by atoms with Crippen molar-refractivity contribution in [3.8, 4) is 0 Å². The summed E-state index contributed by atoms with van der Waals surface area (Å²) in [6.45, 7) is 7.00. The quantitative estimate of drug-likeness (QED) is 0.885. The number of nitrogens with one attached hydrogen (secondary N) is 1. The van der Waals surface area contributed by atoms with Gasteiger partial charge in [-0.3, -0.25) is 0 Å². The topological polar surface area (TPSA) is 38.1 Å². The van der Waals surface area contributed by atoms with E-state index in [2.05, 4.69) is 31.1 Å². The fraction of sp³-hybridized carbons (Fsp3) is 0.417. The second-order valence-electron chi connectivity index (χ2n) is 3.94. The first kappa shape index (κ1) is 11.4. The Morgan fingerprint density at radius 1 is 1.50 bits per heavy atom. The van der Waals surface area contributed by atoms with Gasteiger partial charge in [0.25, 0.3) is 0 Å². The molecule has 0 radical (unpaired) electrons. The molecule has 0 aliphatic heterocycles. The van der Waals surface area contributed by atoms with Gasteiger partial charge in [-0.15, -0.1) is 11.3 Å². The van der Waals surface area contributed by atoms with Gasteiger partial charge in [-0.25, -0.2) is 4.98 Å². The largest absolute Gasteiger partial charge is 0.468 e. The number of hydrogen-bond donors (Lipinski definition) is 1. The molecule has 0 aromatic carbocycles. The van der Waals surface area contributed by atoms with Gasteiger partial charge in [0.15, 0.2) is 0 Å². The van der Waals surface area contributed by atoms with Gasteiger partial charge in [-0.2, -0.15) is 0 Å². The van der Waals surface area contributed by atoms with Crippen molar-refractivity contribution in [1.82, 2.24) is 10.3 Å². The van der Waals surface area contributed by atoms with E-state index in [4.69, 9.17) is 4.42 Å². The zero-order chi connectivity index (χ0) is 11.5. The minimum Gasteiger partial charge on any atom is -0.468 e. The van der Waals surface area contributed by atoms with Crippen molar-refractivity contribution in [2.45, 2.75) is 33.4 Å². The molecule has 0 amide bonds. The van der Waals surface area contributed by atoms with Crippen LogP contribution in [0.4, 0.5) is 0 Å². The second kappa shape index (κ2) is 4.80. The molecule has 1 unspecified atom stereocenters. The maximum atomic E-state index is 5.38. The molecule has 3 nitrogen and oxygen atoms in total. The van der Waals surface area contributed by atoms with Gasteiger partial charge < -0.3 is 9.73 Å². The standard InChI is InChI=1S/C12H16N2OS/c1-8-4-5-15-11(8)7-13-10(3)12-14-6-9(2)16-12/h4-6,10,13H,7H2,1-3H3. The predicted octanol–water partition coefficient (Wildman–Crippen LogP) is 3.20. The van der Waals surface area contributed by atoms with Crippen LogP contribution < -0.4 is 5.32 Å². The first-order valence-corrected chi connectivity index (χ1v) is 6.17. The van der Waals surface area contributed by atoms with Gasteiger partial charge in [0.05, 0.1) is 18.8 Å². The van der Waals surface area contributed by atoms with Gasteiger partial charge in [0, 0.05) is 11.1 Å². The van der Waals surface area contributed by atoms with E-state index in [1.165, 1.54) is 10.4 Å². The lowest BCUT2D eigenvalue weighted by Gasteiger charge is -2.09. The first-order chi connectivity index (χ1) is 7.66. The molecule has 0 fully saturated rings. The lowest BCUT2D eigenvalue weighted by molar-refractivity contribution is 0.457. The number of furan rings is 1. The summed E-state index contributed by atoms with van der Waals surface area (Å²) in [5.74, 6) is 1.00. The number of hydrogen-bond acceptors (Lipinski definition) is 4. The van der Waals surface area contributed by atoms with E-state index in [-0.39, 0.29) is 6.04 Å². The van der Waals surface area contributed by atoms with E-state index < -0.39 is 0 Å². The molecule has 0 aliphatic carbocycles. The third-order valence-corrected chi connectivity index (χ3v) is 3.64. The summed E-state index contributed by atoms with van der Waals surface area (Å²) in [6, 6.07) is 2.25. The smallest absolute Gasteiger partial charge is 0.120 e. The van der Waals surface area contributed by atoms with Crippen molar-refractivity contribution in [2.24, 2.45) is 0 Å². The van der Waals surface area contributed by atoms with Gasteiger partial charge in [0.2, 0.25) is 0 Å². The molecule has 86 valence electrons. The van der Waals surface area contributed by atoms with Gasteiger partial charge in [-0.05, 0) is 32.4 Å². The van der Waals surface area contributed by atoms with Crippen LogP contribution in [0.1, 0.15) is 34.2 Å². The Balaban J connectivity index is 1.93. The number of aryl methyl sites for hydroxylation is 2. The molecular weight excluding hydrogens is 220 g/mol. The third-order valence-electron chi connectivity index (χ3n) is 2.55. The molecule has 1 N–H and O–H groups in total.